The van der Waals surface area contributed by atoms with Gasteiger partial charge in [0.1, 0.15) is 23.1 Å². The molecule has 0 saturated carbocycles. The van der Waals surface area contributed by atoms with Crippen LogP contribution in [0.4, 0.5) is 20.2 Å². The van der Waals surface area contributed by atoms with Gasteiger partial charge in [0.25, 0.3) is 5.56 Å². The molecule has 0 spiro atoms. The minimum absolute atomic E-state index is 0.0542. The molecule has 0 aliphatic heterocycles. The van der Waals surface area contributed by atoms with Crippen LogP contribution in [-0.4, -0.2) is 26.0 Å². The number of azo groups is 1. The number of carboxylic acid groups (broad SMARTS) is 1. The number of rotatable bonds is 9. The molecule has 0 unspecified atom stereocenters. The van der Waals surface area contributed by atoms with Crippen LogP contribution in [0.2, 0.25) is 0 Å². The third-order valence-corrected chi connectivity index (χ3v) is 4.91. The predicted molar refractivity (Wildman–Crippen MR) is 113 cm³/mol. The number of halogens is 2. The summed E-state index contributed by atoms with van der Waals surface area (Å²) in [4.78, 5) is 23.1. The lowest BCUT2D eigenvalue weighted by atomic mass is 10.0. The highest BCUT2D eigenvalue weighted by Gasteiger charge is 2.13. The number of benzene rings is 2. The van der Waals surface area contributed by atoms with Gasteiger partial charge in [-0.1, -0.05) is 18.2 Å². The highest BCUT2D eigenvalue weighted by molar-refractivity contribution is 5.66. The molecule has 3 rings (SSSR count). The van der Waals surface area contributed by atoms with E-state index in [0.29, 0.717) is 16.8 Å². The summed E-state index contributed by atoms with van der Waals surface area (Å²) in [5.41, 5.74) is 1.03. The maximum absolute atomic E-state index is 13.8. The predicted octanol–water partition coefficient (Wildman–Crippen LogP) is 4.53. The van der Waals surface area contributed by atoms with Crippen LogP contribution in [0.1, 0.15) is 29.7 Å². The molecule has 8 nitrogen and oxygen atoms in total. The van der Waals surface area contributed by atoms with E-state index in [-0.39, 0.29) is 49.4 Å². The second-order valence-electron chi connectivity index (χ2n) is 7.26. The fourth-order valence-electron chi connectivity index (χ4n) is 3.22. The summed E-state index contributed by atoms with van der Waals surface area (Å²) in [6.07, 6.45) is 0.753. The molecule has 0 aliphatic rings. The molecule has 0 atom stereocenters. The number of carbonyl (C=O) groups is 1. The van der Waals surface area contributed by atoms with Gasteiger partial charge in [0.05, 0.1) is 5.69 Å². The number of H-pyrrole nitrogens is 1. The number of aromatic amines is 1. The summed E-state index contributed by atoms with van der Waals surface area (Å²) < 4.78 is 28.2. The first-order chi connectivity index (χ1) is 15.3. The Bertz CT molecular complexity index is 1220. The molecule has 1 aromatic heterocycles. The third kappa shape index (κ3) is 5.45. The SMILES string of the molecule is Cc1[nH]n(CCCC(=O)O)c(=O)c1N=Nc1cccc(CCc2ccc(F)cc2F)c1O. The van der Waals surface area contributed by atoms with Crippen LogP contribution in [0, 0.1) is 18.6 Å². The number of aromatic hydroxyl groups is 1. The van der Waals surface area contributed by atoms with Crippen molar-refractivity contribution in [3.05, 3.63) is 75.2 Å². The van der Waals surface area contributed by atoms with Crippen molar-refractivity contribution in [2.24, 2.45) is 10.2 Å². The van der Waals surface area contributed by atoms with Crippen LogP contribution in [0.15, 0.2) is 51.4 Å². The average molecular weight is 444 g/mol. The largest absolute Gasteiger partial charge is 0.505 e. The van der Waals surface area contributed by atoms with Crippen molar-refractivity contribution in [2.75, 3.05) is 0 Å². The lowest BCUT2D eigenvalue weighted by Crippen LogP contribution is -2.17. The quantitative estimate of drug-likeness (QED) is 0.420. The second kappa shape index (κ2) is 9.99. The molecule has 32 heavy (non-hydrogen) atoms. The molecule has 10 heteroatoms. The number of phenolic OH excluding ortho intramolecular Hbond substituents is 1. The van der Waals surface area contributed by atoms with Gasteiger partial charge >= 0.3 is 5.97 Å². The first-order valence-corrected chi connectivity index (χ1v) is 9.94. The number of aromatic nitrogens is 2. The Balaban J connectivity index is 1.75. The Hall–Kier alpha value is -3.82. The van der Waals surface area contributed by atoms with Crippen molar-refractivity contribution in [1.29, 1.82) is 0 Å². The molecule has 0 fully saturated rings. The van der Waals surface area contributed by atoms with Gasteiger partial charge in [0.15, 0.2) is 5.69 Å². The van der Waals surface area contributed by atoms with Crippen LogP contribution < -0.4 is 5.56 Å². The summed E-state index contributed by atoms with van der Waals surface area (Å²) in [6.45, 7) is 1.83. The number of para-hydroxylation sites is 1. The summed E-state index contributed by atoms with van der Waals surface area (Å²) in [6, 6.07) is 8.19. The summed E-state index contributed by atoms with van der Waals surface area (Å²) in [5.74, 6) is -2.40. The zero-order chi connectivity index (χ0) is 23.3. The first-order valence-electron chi connectivity index (χ1n) is 9.94. The van der Waals surface area contributed by atoms with Crippen molar-refractivity contribution >= 4 is 17.3 Å². The standard InChI is InChI=1S/C22H22F2N4O4/c1-13-20(22(32)28(27-13)11-3-6-19(29)30)26-25-18-5-2-4-15(21(18)31)8-7-14-9-10-16(23)12-17(14)24/h2,4-5,9-10,12,27,31H,3,6-8,11H2,1H3,(H,29,30). The van der Waals surface area contributed by atoms with E-state index >= 15 is 0 Å². The number of carboxylic acids is 1. The van der Waals surface area contributed by atoms with E-state index in [2.05, 4.69) is 15.3 Å². The van der Waals surface area contributed by atoms with Crippen LogP contribution in [-0.2, 0) is 24.2 Å². The lowest BCUT2D eigenvalue weighted by molar-refractivity contribution is -0.137. The number of nitrogens with zero attached hydrogens (tertiary/aromatic N) is 3. The fraction of sp³-hybridized carbons (Fsp3) is 0.273. The minimum Gasteiger partial charge on any atom is -0.505 e. The maximum atomic E-state index is 13.8. The highest BCUT2D eigenvalue weighted by Crippen LogP contribution is 2.32. The monoisotopic (exact) mass is 444 g/mol. The van der Waals surface area contributed by atoms with E-state index in [4.69, 9.17) is 5.11 Å². The van der Waals surface area contributed by atoms with E-state index in [9.17, 15) is 23.5 Å². The number of hydrogen-bond acceptors (Lipinski definition) is 5. The smallest absolute Gasteiger partial charge is 0.303 e. The number of aryl methyl sites for hydroxylation is 4. The van der Waals surface area contributed by atoms with Crippen LogP contribution >= 0.6 is 0 Å². The van der Waals surface area contributed by atoms with Crippen LogP contribution in [0.3, 0.4) is 0 Å². The molecule has 0 amide bonds. The summed E-state index contributed by atoms with van der Waals surface area (Å²) in [7, 11) is 0. The maximum Gasteiger partial charge on any atom is 0.303 e. The van der Waals surface area contributed by atoms with Crippen LogP contribution in [0.5, 0.6) is 5.75 Å². The Kier molecular flexibility index (Phi) is 7.14. The number of nitrogens with one attached hydrogen (secondary N) is 1. The Labute approximate surface area is 181 Å². The van der Waals surface area contributed by atoms with Crippen molar-refractivity contribution in [3.8, 4) is 5.75 Å². The highest BCUT2D eigenvalue weighted by atomic mass is 19.1. The van der Waals surface area contributed by atoms with Gasteiger partial charge in [-0.15, -0.1) is 10.2 Å². The molecule has 0 aliphatic carbocycles. The molecular weight excluding hydrogens is 422 g/mol. The molecule has 3 aromatic rings. The van der Waals surface area contributed by atoms with Gasteiger partial charge in [-0.2, -0.15) is 0 Å². The van der Waals surface area contributed by atoms with E-state index in [1.807, 2.05) is 0 Å². The second-order valence-corrected chi connectivity index (χ2v) is 7.26. The molecule has 3 N–H and O–H groups in total. The topological polar surface area (TPSA) is 120 Å². The third-order valence-electron chi connectivity index (χ3n) is 4.91. The molecule has 168 valence electrons. The Morgan fingerprint density at radius 3 is 2.59 bits per heavy atom. The molecule has 1 heterocycles. The molecular formula is C22H22F2N4O4. The van der Waals surface area contributed by atoms with Crippen molar-refractivity contribution in [1.82, 2.24) is 9.78 Å². The molecule has 0 bridgehead atoms. The van der Waals surface area contributed by atoms with Crippen LogP contribution in [0.25, 0.3) is 0 Å². The molecule has 2 aromatic carbocycles. The molecule has 0 radical (unpaired) electrons. The van der Waals surface area contributed by atoms with Crippen molar-refractivity contribution < 1.29 is 23.8 Å². The Morgan fingerprint density at radius 1 is 1.12 bits per heavy atom. The van der Waals surface area contributed by atoms with Gasteiger partial charge in [0.2, 0.25) is 0 Å². The van der Waals surface area contributed by atoms with Gasteiger partial charge in [-0.25, -0.2) is 8.78 Å². The lowest BCUT2D eigenvalue weighted by Gasteiger charge is -2.07. The van der Waals surface area contributed by atoms with Gasteiger partial charge in [-0.05, 0) is 49.4 Å². The van der Waals surface area contributed by atoms with E-state index in [0.717, 1.165) is 6.07 Å². The fourth-order valence-corrected chi connectivity index (χ4v) is 3.22. The van der Waals surface area contributed by atoms with E-state index < -0.39 is 23.2 Å². The average Bonchev–Trinajstić information content (AvgIpc) is 3.00. The first kappa shape index (κ1) is 22.9. The van der Waals surface area contributed by atoms with Crippen molar-refractivity contribution in [2.45, 2.75) is 39.2 Å². The van der Waals surface area contributed by atoms with Gasteiger partial charge in [-0.3, -0.25) is 19.4 Å². The Morgan fingerprint density at radius 2 is 1.88 bits per heavy atom. The summed E-state index contributed by atoms with van der Waals surface area (Å²) in [5, 5.41) is 30.0. The minimum atomic E-state index is -0.946. The zero-order valence-electron chi connectivity index (χ0n) is 17.3. The number of phenols is 1. The number of hydrogen-bond donors (Lipinski definition) is 3. The zero-order valence-corrected chi connectivity index (χ0v) is 17.3. The number of aliphatic carboxylic acids is 1. The van der Waals surface area contributed by atoms with Gasteiger partial charge in [0, 0.05) is 19.0 Å². The van der Waals surface area contributed by atoms with Gasteiger partial charge < -0.3 is 10.2 Å². The summed E-state index contributed by atoms with van der Waals surface area (Å²) >= 11 is 0. The van der Waals surface area contributed by atoms with E-state index in [1.54, 1.807) is 19.1 Å². The molecule has 0 saturated heterocycles. The van der Waals surface area contributed by atoms with E-state index in [1.165, 1.54) is 22.9 Å². The normalized spacial score (nSPS) is 11.3. The van der Waals surface area contributed by atoms with Crippen molar-refractivity contribution in [3.63, 3.8) is 0 Å².